The molecule has 0 amide bonds. The predicted molar refractivity (Wildman–Crippen MR) is 99.1 cm³/mol. The van der Waals surface area contributed by atoms with Gasteiger partial charge in [-0.3, -0.25) is 0 Å². The molecule has 0 unspecified atom stereocenters. The molecule has 4 aromatic rings. The number of hydrogen-bond acceptors (Lipinski definition) is 4. The Kier molecular flexibility index (Phi) is 4.09. The summed E-state index contributed by atoms with van der Waals surface area (Å²) in [6, 6.07) is 17.0. The Bertz CT molecular complexity index is 1040. The van der Waals surface area contributed by atoms with Crippen LogP contribution in [-0.2, 0) is 6.61 Å². The van der Waals surface area contributed by atoms with Crippen LogP contribution in [0.25, 0.3) is 16.8 Å². The van der Waals surface area contributed by atoms with Gasteiger partial charge in [-0.2, -0.15) is 5.10 Å². The molecule has 0 fully saturated rings. The molecule has 5 nitrogen and oxygen atoms in total. The van der Waals surface area contributed by atoms with Crippen LogP contribution in [0.2, 0.25) is 5.02 Å². The van der Waals surface area contributed by atoms with E-state index in [9.17, 15) is 5.11 Å². The van der Waals surface area contributed by atoms with Gasteiger partial charge in [-0.25, -0.2) is 9.50 Å². The first-order chi connectivity index (χ1) is 12.2. The first-order valence-electron chi connectivity index (χ1n) is 7.81. The third-order valence-corrected chi connectivity index (χ3v) is 4.18. The minimum Gasteiger partial charge on any atom is -0.392 e. The van der Waals surface area contributed by atoms with Crippen molar-refractivity contribution in [3.8, 4) is 11.1 Å². The second-order valence-corrected chi connectivity index (χ2v) is 6.03. The van der Waals surface area contributed by atoms with Crippen molar-refractivity contribution in [2.24, 2.45) is 0 Å². The number of benzene rings is 2. The van der Waals surface area contributed by atoms with Gasteiger partial charge in [0.25, 0.3) is 0 Å². The van der Waals surface area contributed by atoms with Crippen molar-refractivity contribution in [3.63, 3.8) is 0 Å². The van der Waals surface area contributed by atoms with E-state index in [0.29, 0.717) is 16.5 Å². The number of anilines is 2. The highest BCUT2D eigenvalue weighted by Crippen LogP contribution is 2.28. The molecule has 2 N–H and O–H groups in total. The molecule has 0 aliphatic rings. The third-order valence-electron chi connectivity index (χ3n) is 3.94. The largest absolute Gasteiger partial charge is 0.392 e. The molecule has 0 saturated carbocycles. The Labute approximate surface area is 149 Å². The van der Waals surface area contributed by atoms with Crippen molar-refractivity contribution < 1.29 is 5.11 Å². The van der Waals surface area contributed by atoms with Crippen LogP contribution in [0.3, 0.4) is 0 Å². The molecule has 6 heteroatoms. The van der Waals surface area contributed by atoms with E-state index in [-0.39, 0.29) is 6.61 Å². The minimum absolute atomic E-state index is 0.0338. The fraction of sp³-hybridized carbons (Fsp3) is 0.0526. The summed E-state index contributed by atoms with van der Waals surface area (Å²) >= 11 is 6.03. The number of aromatic nitrogens is 3. The van der Waals surface area contributed by atoms with Gasteiger partial charge in [0.1, 0.15) is 5.82 Å². The summed E-state index contributed by atoms with van der Waals surface area (Å²) < 4.78 is 1.71. The van der Waals surface area contributed by atoms with Crippen molar-refractivity contribution in [1.29, 1.82) is 0 Å². The molecular formula is C19H15ClN4O. The molecule has 2 aromatic carbocycles. The van der Waals surface area contributed by atoms with Crippen molar-refractivity contribution in [1.82, 2.24) is 14.6 Å². The van der Waals surface area contributed by atoms with Crippen LogP contribution in [0.5, 0.6) is 0 Å². The predicted octanol–water partition coefficient (Wildman–Crippen LogP) is 4.29. The summed E-state index contributed by atoms with van der Waals surface area (Å²) in [6.07, 6.45) is 3.61. The standard InChI is InChI=1S/C19H15ClN4O/c20-14-5-3-6-15(10-14)22-18-8-9-24-19(23-18)17(11-21-24)16-7-2-1-4-13(16)12-25/h1-11,25H,12H2,(H,22,23). The molecule has 0 bridgehead atoms. The number of nitrogens with one attached hydrogen (secondary N) is 1. The zero-order valence-corrected chi connectivity index (χ0v) is 14.0. The Morgan fingerprint density at radius 2 is 1.92 bits per heavy atom. The topological polar surface area (TPSA) is 62.5 Å². The van der Waals surface area contributed by atoms with E-state index >= 15 is 0 Å². The molecule has 0 atom stereocenters. The number of halogens is 1. The quantitative estimate of drug-likeness (QED) is 0.576. The van der Waals surface area contributed by atoms with Gasteiger partial charge in [0.2, 0.25) is 0 Å². The number of hydrogen-bond donors (Lipinski definition) is 2. The number of aliphatic hydroxyl groups is 1. The molecule has 2 aromatic heterocycles. The second-order valence-electron chi connectivity index (χ2n) is 5.59. The summed E-state index contributed by atoms with van der Waals surface area (Å²) in [6.45, 7) is -0.0338. The number of aliphatic hydroxyl groups excluding tert-OH is 1. The maximum atomic E-state index is 9.59. The number of rotatable bonds is 4. The van der Waals surface area contributed by atoms with Gasteiger partial charge >= 0.3 is 0 Å². The monoisotopic (exact) mass is 350 g/mol. The molecular weight excluding hydrogens is 336 g/mol. The second kappa shape index (κ2) is 6.55. The molecule has 4 rings (SSSR count). The highest BCUT2D eigenvalue weighted by Gasteiger charge is 2.12. The lowest BCUT2D eigenvalue weighted by Gasteiger charge is -2.08. The van der Waals surface area contributed by atoms with E-state index in [2.05, 4.69) is 15.4 Å². The maximum absolute atomic E-state index is 9.59. The van der Waals surface area contributed by atoms with E-state index in [1.54, 1.807) is 10.7 Å². The van der Waals surface area contributed by atoms with Gasteiger partial charge in [-0.05, 0) is 35.4 Å². The lowest BCUT2D eigenvalue weighted by Crippen LogP contribution is -1.97. The van der Waals surface area contributed by atoms with Crippen LogP contribution in [0.15, 0.2) is 67.0 Å². The molecule has 25 heavy (non-hydrogen) atoms. The molecule has 0 spiro atoms. The lowest BCUT2D eigenvalue weighted by atomic mass is 10.0. The van der Waals surface area contributed by atoms with Crippen molar-refractivity contribution in [3.05, 3.63) is 77.6 Å². The fourth-order valence-electron chi connectivity index (χ4n) is 2.76. The van der Waals surface area contributed by atoms with Gasteiger partial charge in [-0.15, -0.1) is 0 Å². The maximum Gasteiger partial charge on any atom is 0.165 e. The summed E-state index contributed by atoms with van der Waals surface area (Å²) in [7, 11) is 0. The lowest BCUT2D eigenvalue weighted by molar-refractivity contribution is 0.282. The van der Waals surface area contributed by atoms with Gasteiger partial charge < -0.3 is 10.4 Å². The van der Waals surface area contributed by atoms with Gasteiger partial charge in [-0.1, -0.05) is 41.9 Å². The Morgan fingerprint density at radius 1 is 1.04 bits per heavy atom. The third kappa shape index (κ3) is 3.07. The Morgan fingerprint density at radius 3 is 2.76 bits per heavy atom. The SMILES string of the molecule is OCc1ccccc1-c1cnn2ccc(Nc3cccc(Cl)c3)nc12. The Hall–Kier alpha value is -2.89. The van der Waals surface area contributed by atoms with Gasteiger partial charge in [0.15, 0.2) is 5.65 Å². The normalized spacial score (nSPS) is 11.0. The van der Waals surface area contributed by atoms with Gasteiger partial charge in [0.05, 0.1) is 12.8 Å². The smallest absolute Gasteiger partial charge is 0.165 e. The van der Waals surface area contributed by atoms with E-state index in [1.165, 1.54) is 0 Å². The van der Waals surface area contributed by atoms with Crippen LogP contribution in [-0.4, -0.2) is 19.7 Å². The molecule has 124 valence electrons. The fourth-order valence-corrected chi connectivity index (χ4v) is 2.95. The minimum atomic E-state index is -0.0338. The highest BCUT2D eigenvalue weighted by atomic mass is 35.5. The summed E-state index contributed by atoms with van der Waals surface area (Å²) in [4.78, 5) is 4.68. The summed E-state index contributed by atoms with van der Waals surface area (Å²) in [5, 5.41) is 17.9. The van der Waals surface area contributed by atoms with Crippen molar-refractivity contribution >= 4 is 28.8 Å². The summed E-state index contributed by atoms with van der Waals surface area (Å²) in [5.41, 5.74) is 4.22. The van der Waals surface area contributed by atoms with Crippen molar-refractivity contribution in [2.75, 3.05) is 5.32 Å². The van der Waals surface area contributed by atoms with E-state index in [4.69, 9.17) is 11.6 Å². The van der Waals surface area contributed by atoms with Crippen LogP contribution in [0.1, 0.15) is 5.56 Å². The van der Waals surface area contributed by atoms with Crippen molar-refractivity contribution in [2.45, 2.75) is 6.61 Å². The van der Waals surface area contributed by atoms with Crippen LogP contribution < -0.4 is 5.32 Å². The zero-order chi connectivity index (χ0) is 17.2. The van der Waals surface area contributed by atoms with Crippen LogP contribution in [0.4, 0.5) is 11.5 Å². The van der Waals surface area contributed by atoms with E-state index in [0.717, 1.165) is 22.4 Å². The van der Waals surface area contributed by atoms with Crippen LogP contribution >= 0.6 is 11.6 Å². The molecule has 0 saturated heterocycles. The first kappa shape index (κ1) is 15.6. The average Bonchev–Trinajstić information content (AvgIpc) is 3.05. The molecule has 0 aliphatic heterocycles. The molecule has 0 radical (unpaired) electrons. The van der Waals surface area contributed by atoms with E-state index in [1.807, 2.05) is 60.8 Å². The average molecular weight is 351 g/mol. The van der Waals surface area contributed by atoms with Crippen LogP contribution in [0, 0.1) is 0 Å². The molecule has 2 heterocycles. The zero-order valence-electron chi connectivity index (χ0n) is 13.2. The Balaban J connectivity index is 1.77. The van der Waals surface area contributed by atoms with Gasteiger partial charge in [0, 0.05) is 22.5 Å². The first-order valence-corrected chi connectivity index (χ1v) is 8.18. The highest BCUT2D eigenvalue weighted by molar-refractivity contribution is 6.30. The number of nitrogens with zero attached hydrogens (tertiary/aromatic N) is 3. The van der Waals surface area contributed by atoms with E-state index < -0.39 is 0 Å². The number of fused-ring (bicyclic) bond motifs is 1. The summed E-state index contributed by atoms with van der Waals surface area (Å²) in [5.74, 6) is 0.693. The molecule has 0 aliphatic carbocycles.